The summed E-state index contributed by atoms with van der Waals surface area (Å²) in [6, 6.07) is 16.9. The van der Waals surface area contributed by atoms with Gasteiger partial charge in [0.25, 0.3) is 5.56 Å². The molecular weight excluding hydrogens is 340 g/mol. The van der Waals surface area contributed by atoms with Crippen LogP contribution in [0.3, 0.4) is 0 Å². The number of aryl methyl sites for hydroxylation is 2. The molecule has 1 N–H and O–H groups in total. The lowest BCUT2D eigenvalue weighted by Gasteiger charge is -2.18. The quantitative estimate of drug-likeness (QED) is 0.719. The smallest absolute Gasteiger partial charge is 0.296 e. The maximum absolute atomic E-state index is 13.2. The molecule has 5 heteroatoms. The Bertz CT molecular complexity index is 979. The molecule has 0 aliphatic heterocycles. The van der Waals surface area contributed by atoms with Gasteiger partial charge in [-0.1, -0.05) is 42.5 Å². The zero-order valence-electron chi connectivity index (χ0n) is 15.8. The fourth-order valence-electron chi connectivity index (χ4n) is 2.98. The predicted octanol–water partition coefficient (Wildman–Crippen LogP) is 3.95. The molecule has 0 aliphatic carbocycles. The van der Waals surface area contributed by atoms with Crippen LogP contribution in [-0.2, 0) is 13.0 Å². The molecule has 1 heterocycles. The summed E-state index contributed by atoms with van der Waals surface area (Å²) in [7, 11) is 0. The van der Waals surface area contributed by atoms with Crippen molar-refractivity contribution in [1.29, 1.82) is 0 Å². The van der Waals surface area contributed by atoms with Crippen molar-refractivity contribution in [3.8, 4) is 22.9 Å². The molecule has 0 saturated carbocycles. The molecule has 5 nitrogen and oxygen atoms in total. The minimum absolute atomic E-state index is 0.0924. The van der Waals surface area contributed by atoms with Crippen molar-refractivity contribution in [3.63, 3.8) is 0 Å². The molecule has 3 rings (SSSR count). The van der Waals surface area contributed by atoms with Gasteiger partial charge in [-0.2, -0.15) is 0 Å². The molecule has 140 valence electrons. The average Bonchev–Trinajstić information content (AvgIpc) is 2.65. The summed E-state index contributed by atoms with van der Waals surface area (Å²) < 4.78 is 7.32. The largest absolute Gasteiger partial charge is 0.507 e. The number of nitrogens with zero attached hydrogens (tertiary/aromatic N) is 2. The topological polar surface area (TPSA) is 64.4 Å². The molecule has 0 amide bonds. The monoisotopic (exact) mass is 364 g/mol. The minimum Gasteiger partial charge on any atom is -0.507 e. The van der Waals surface area contributed by atoms with E-state index in [4.69, 9.17) is 4.74 Å². The standard InChI is InChI=1S/C22H24N2O3/c1-15(2)27-20-16(3)23-21(18-11-7-8-12-19(18)25)24(22(20)26)14-13-17-9-5-4-6-10-17/h4-12,15,25H,13-14H2,1-3H3. The molecule has 0 unspecified atom stereocenters. The third kappa shape index (κ3) is 4.19. The van der Waals surface area contributed by atoms with Crippen LogP contribution in [0.15, 0.2) is 59.4 Å². The molecule has 0 aliphatic rings. The van der Waals surface area contributed by atoms with Gasteiger partial charge in [-0.25, -0.2) is 4.98 Å². The number of hydrogen-bond donors (Lipinski definition) is 1. The van der Waals surface area contributed by atoms with Gasteiger partial charge in [-0.05, 0) is 44.9 Å². The molecule has 0 radical (unpaired) electrons. The first-order valence-corrected chi connectivity index (χ1v) is 9.07. The Hall–Kier alpha value is -3.08. The number of hydrogen-bond acceptors (Lipinski definition) is 4. The molecule has 3 aromatic rings. The normalized spacial score (nSPS) is 11.0. The lowest BCUT2D eigenvalue weighted by atomic mass is 10.1. The van der Waals surface area contributed by atoms with E-state index in [9.17, 15) is 9.90 Å². The lowest BCUT2D eigenvalue weighted by molar-refractivity contribution is 0.234. The Kier molecular flexibility index (Phi) is 5.60. The first-order valence-electron chi connectivity index (χ1n) is 9.07. The minimum atomic E-state index is -0.231. The van der Waals surface area contributed by atoms with Crippen molar-refractivity contribution >= 4 is 0 Å². The van der Waals surface area contributed by atoms with Crippen LogP contribution in [0.2, 0.25) is 0 Å². The number of aromatic hydroxyl groups is 1. The van der Waals surface area contributed by atoms with Crippen LogP contribution < -0.4 is 10.3 Å². The summed E-state index contributed by atoms with van der Waals surface area (Å²) in [5.74, 6) is 0.801. The van der Waals surface area contributed by atoms with Crippen molar-refractivity contribution in [2.75, 3.05) is 0 Å². The fourth-order valence-corrected chi connectivity index (χ4v) is 2.98. The Morgan fingerprint density at radius 2 is 1.74 bits per heavy atom. The number of para-hydroxylation sites is 1. The third-order valence-electron chi connectivity index (χ3n) is 4.26. The molecule has 27 heavy (non-hydrogen) atoms. The first-order chi connectivity index (χ1) is 13.0. The van der Waals surface area contributed by atoms with Crippen LogP contribution >= 0.6 is 0 Å². The molecular formula is C22H24N2O3. The van der Waals surface area contributed by atoms with Crippen LogP contribution in [-0.4, -0.2) is 20.8 Å². The van der Waals surface area contributed by atoms with Crippen molar-refractivity contribution in [2.45, 2.75) is 39.8 Å². The molecule has 0 atom stereocenters. The molecule has 0 bridgehead atoms. The molecule has 0 fully saturated rings. The number of phenols is 1. The SMILES string of the molecule is Cc1nc(-c2ccccc2O)n(CCc2ccccc2)c(=O)c1OC(C)C. The van der Waals surface area contributed by atoms with E-state index in [0.29, 0.717) is 30.0 Å². The van der Waals surface area contributed by atoms with Gasteiger partial charge in [0, 0.05) is 6.54 Å². The Balaban J connectivity index is 2.11. The van der Waals surface area contributed by atoms with Crippen molar-refractivity contribution in [3.05, 3.63) is 76.2 Å². The molecule has 1 aromatic heterocycles. The number of aromatic nitrogens is 2. The van der Waals surface area contributed by atoms with E-state index < -0.39 is 0 Å². The second-order valence-electron chi connectivity index (χ2n) is 6.73. The highest BCUT2D eigenvalue weighted by Gasteiger charge is 2.19. The van der Waals surface area contributed by atoms with Gasteiger partial charge in [0.1, 0.15) is 11.6 Å². The van der Waals surface area contributed by atoms with Gasteiger partial charge in [0.15, 0.2) is 0 Å². The van der Waals surface area contributed by atoms with E-state index in [1.807, 2.05) is 50.2 Å². The summed E-state index contributed by atoms with van der Waals surface area (Å²) in [4.78, 5) is 17.8. The van der Waals surface area contributed by atoms with Crippen molar-refractivity contribution < 1.29 is 9.84 Å². The summed E-state index contributed by atoms with van der Waals surface area (Å²) in [6.45, 7) is 5.95. The second-order valence-corrected chi connectivity index (χ2v) is 6.73. The zero-order chi connectivity index (χ0) is 19.4. The van der Waals surface area contributed by atoms with E-state index in [2.05, 4.69) is 4.98 Å². The summed E-state index contributed by atoms with van der Waals surface area (Å²) >= 11 is 0. The number of benzene rings is 2. The van der Waals surface area contributed by atoms with Crippen LogP contribution in [0.1, 0.15) is 25.1 Å². The number of ether oxygens (including phenoxy) is 1. The summed E-state index contributed by atoms with van der Waals surface area (Å²) in [6.07, 6.45) is 0.546. The zero-order valence-corrected chi connectivity index (χ0v) is 15.8. The van der Waals surface area contributed by atoms with Crippen LogP contribution in [0.5, 0.6) is 11.5 Å². The van der Waals surface area contributed by atoms with Gasteiger partial charge in [0.05, 0.1) is 17.4 Å². The molecule has 0 spiro atoms. The molecule has 2 aromatic carbocycles. The maximum atomic E-state index is 13.2. The van der Waals surface area contributed by atoms with E-state index in [0.717, 1.165) is 5.56 Å². The van der Waals surface area contributed by atoms with Gasteiger partial charge in [0.2, 0.25) is 5.75 Å². The number of rotatable bonds is 6. The fraction of sp³-hybridized carbons (Fsp3) is 0.273. The van der Waals surface area contributed by atoms with Crippen molar-refractivity contribution in [1.82, 2.24) is 9.55 Å². The van der Waals surface area contributed by atoms with Crippen LogP contribution in [0.25, 0.3) is 11.4 Å². The van der Waals surface area contributed by atoms with Crippen LogP contribution in [0.4, 0.5) is 0 Å². The van der Waals surface area contributed by atoms with E-state index in [1.54, 1.807) is 29.7 Å². The van der Waals surface area contributed by atoms with Crippen molar-refractivity contribution in [2.24, 2.45) is 0 Å². The van der Waals surface area contributed by atoms with Gasteiger partial charge >= 0.3 is 0 Å². The highest BCUT2D eigenvalue weighted by molar-refractivity contribution is 5.64. The molecule has 0 saturated heterocycles. The van der Waals surface area contributed by atoms with Gasteiger partial charge in [-0.3, -0.25) is 9.36 Å². The average molecular weight is 364 g/mol. The van der Waals surface area contributed by atoms with E-state index in [1.165, 1.54) is 0 Å². The Labute approximate surface area is 158 Å². The highest BCUT2D eigenvalue weighted by Crippen LogP contribution is 2.28. The first kappa shape index (κ1) is 18.7. The van der Waals surface area contributed by atoms with E-state index in [-0.39, 0.29) is 23.2 Å². The summed E-state index contributed by atoms with van der Waals surface area (Å²) in [5.41, 5.74) is 1.94. The summed E-state index contributed by atoms with van der Waals surface area (Å²) in [5, 5.41) is 10.3. The highest BCUT2D eigenvalue weighted by atomic mass is 16.5. The Morgan fingerprint density at radius 1 is 1.07 bits per heavy atom. The number of phenolic OH excluding ortho intramolecular Hbond substituents is 1. The van der Waals surface area contributed by atoms with Gasteiger partial charge < -0.3 is 9.84 Å². The second kappa shape index (κ2) is 8.08. The van der Waals surface area contributed by atoms with Gasteiger partial charge in [-0.15, -0.1) is 0 Å². The lowest BCUT2D eigenvalue weighted by Crippen LogP contribution is -2.28. The third-order valence-corrected chi connectivity index (χ3v) is 4.26. The van der Waals surface area contributed by atoms with Crippen LogP contribution in [0, 0.1) is 6.92 Å². The van der Waals surface area contributed by atoms with E-state index >= 15 is 0 Å². The Morgan fingerprint density at radius 3 is 2.41 bits per heavy atom. The maximum Gasteiger partial charge on any atom is 0.296 e. The predicted molar refractivity (Wildman–Crippen MR) is 106 cm³/mol.